The van der Waals surface area contributed by atoms with Crippen molar-refractivity contribution >= 4 is 11.8 Å². The zero-order chi connectivity index (χ0) is 19.2. The van der Waals surface area contributed by atoms with Gasteiger partial charge in [-0.25, -0.2) is 0 Å². The Morgan fingerprint density at radius 1 is 0.519 bits per heavy atom. The molecule has 1 heteroatoms. The number of hydrogen-bond acceptors (Lipinski definition) is 1. The number of rotatable bonds is 14. The van der Waals surface area contributed by atoms with Gasteiger partial charge in [0.05, 0.1) is 0 Å². The molecule has 27 heavy (non-hydrogen) atoms. The van der Waals surface area contributed by atoms with Crippen molar-refractivity contribution in [3.8, 4) is 0 Å². The Kier molecular flexibility index (Phi) is 11.4. The van der Waals surface area contributed by atoms with Crippen LogP contribution in [0, 0.1) is 0 Å². The van der Waals surface area contributed by atoms with Crippen LogP contribution in [0.2, 0.25) is 0 Å². The first-order chi connectivity index (χ1) is 13.3. The molecule has 0 heterocycles. The third-order valence-electron chi connectivity index (χ3n) is 5.35. The summed E-state index contributed by atoms with van der Waals surface area (Å²) in [6.45, 7) is 4.57. The SMILES string of the molecule is CCCCCCc1ccccc1CSCc1ccccc1CCCCCC. The quantitative estimate of drug-likeness (QED) is 0.296. The lowest BCUT2D eigenvalue weighted by atomic mass is 10.0. The standard InChI is InChI=1S/C26H38S/c1-3-5-7-9-15-23-17-11-13-19-25(23)21-27-22-26-20-14-12-18-24(26)16-10-8-6-4-2/h11-14,17-20H,3-10,15-16,21-22H2,1-2H3. The fourth-order valence-electron chi connectivity index (χ4n) is 3.64. The second kappa shape index (κ2) is 13.9. The van der Waals surface area contributed by atoms with Crippen molar-refractivity contribution in [2.45, 2.75) is 89.6 Å². The van der Waals surface area contributed by atoms with Gasteiger partial charge in [0.15, 0.2) is 0 Å². The molecule has 0 spiro atoms. The molecule has 0 radical (unpaired) electrons. The van der Waals surface area contributed by atoms with E-state index >= 15 is 0 Å². The molecule has 0 fully saturated rings. The number of thioether (sulfide) groups is 1. The van der Waals surface area contributed by atoms with Crippen LogP contribution >= 0.6 is 11.8 Å². The van der Waals surface area contributed by atoms with Gasteiger partial charge < -0.3 is 0 Å². The van der Waals surface area contributed by atoms with Crippen molar-refractivity contribution in [1.82, 2.24) is 0 Å². The molecule has 2 rings (SSSR count). The molecule has 0 aliphatic heterocycles. The van der Waals surface area contributed by atoms with E-state index in [0.717, 1.165) is 11.5 Å². The van der Waals surface area contributed by atoms with E-state index in [1.807, 2.05) is 0 Å². The Bertz CT molecular complexity index is 576. The maximum atomic E-state index is 2.34. The lowest BCUT2D eigenvalue weighted by Gasteiger charge is -2.12. The molecule has 0 bridgehead atoms. The minimum absolute atomic E-state index is 1.13. The Hall–Kier alpha value is -1.21. The van der Waals surface area contributed by atoms with E-state index in [1.165, 1.54) is 64.2 Å². The van der Waals surface area contributed by atoms with Crippen LogP contribution in [-0.2, 0) is 24.3 Å². The third-order valence-corrected chi connectivity index (χ3v) is 6.38. The van der Waals surface area contributed by atoms with Gasteiger partial charge in [-0.05, 0) is 47.9 Å². The van der Waals surface area contributed by atoms with Crippen molar-refractivity contribution in [3.63, 3.8) is 0 Å². The van der Waals surface area contributed by atoms with Crippen molar-refractivity contribution in [2.75, 3.05) is 0 Å². The summed E-state index contributed by atoms with van der Waals surface area (Å²) < 4.78 is 0. The zero-order valence-corrected chi connectivity index (χ0v) is 18.3. The summed E-state index contributed by atoms with van der Waals surface area (Å²) in [4.78, 5) is 0. The summed E-state index contributed by atoms with van der Waals surface area (Å²) in [5, 5.41) is 0. The van der Waals surface area contributed by atoms with E-state index in [0.29, 0.717) is 0 Å². The van der Waals surface area contributed by atoms with Crippen molar-refractivity contribution < 1.29 is 0 Å². The molecule has 0 N–H and O–H groups in total. The first-order valence-electron chi connectivity index (χ1n) is 11.1. The van der Waals surface area contributed by atoms with Crippen LogP contribution in [0.1, 0.15) is 87.5 Å². The van der Waals surface area contributed by atoms with Crippen molar-refractivity contribution in [3.05, 3.63) is 70.8 Å². The Balaban J connectivity index is 1.84. The van der Waals surface area contributed by atoms with E-state index in [1.54, 1.807) is 22.3 Å². The highest BCUT2D eigenvalue weighted by molar-refractivity contribution is 7.97. The zero-order valence-electron chi connectivity index (χ0n) is 17.5. The maximum Gasteiger partial charge on any atom is 0.0190 e. The normalized spacial score (nSPS) is 11.0. The number of benzene rings is 2. The fraction of sp³-hybridized carbons (Fsp3) is 0.538. The second-order valence-corrected chi connectivity index (χ2v) is 8.64. The number of aryl methyl sites for hydroxylation is 2. The van der Waals surface area contributed by atoms with Crippen LogP contribution in [-0.4, -0.2) is 0 Å². The highest BCUT2D eigenvalue weighted by atomic mass is 32.2. The number of hydrogen-bond donors (Lipinski definition) is 0. The number of unbranched alkanes of at least 4 members (excludes halogenated alkanes) is 6. The highest BCUT2D eigenvalue weighted by Crippen LogP contribution is 2.24. The van der Waals surface area contributed by atoms with E-state index in [9.17, 15) is 0 Å². The molecule has 2 aromatic carbocycles. The van der Waals surface area contributed by atoms with E-state index in [-0.39, 0.29) is 0 Å². The molecule has 0 atom stereocenters. The molecule has 0 saturated carbocycles. The van der Waals surface area contributed by atoms with Gasteiger partial charge >= 0.3 is 0 Å². The average molecular weight is 383 g/mol. The predicted octanol–water partition coefficient (Wildman–Crippen LogP) is 8.37. The molecule has 0 unspecified atom stereocenters. The van der Waals surface area contributed by atoms with Crippen LogP contribution in [0.4, 0.5) is 0 Å². The minimum Gasteiger partial charge on any atom is -0.152 e. The van der Waals surface area contributed by atoms with E-state index in [4.69, 9.17) is 0 Å². The summed E-state index contributed by atoms with van der Waals surface area (Å²) in [5.41, 5.74) is 6.21. The molecular formula is C26H38S. The highest BCUT2D eigenvalue weighted by Gasteiger charge is 2.05. The van der Waals surface area contributed by atoms with Gasteiger partial charge in [-0.1, -0.05) is 101 Å². The van der Waals surface area contributed by atoms with E-state index in [2.05, 4.69) is 74.1 Å². The largest absolute Gasteiger partial charge is 0.152 e. The smallest absolute Gasteiger partial charge is 0.0190 e. The molecule has 0 amide bonds. The van der Waals surface area contributed by atoms with Gasteiger partial charge in [0.2, 0.25) is 0 Å². The van der Waals surface area contributed by atoms with Gasteiger partial charge in [-0.2, -0.15) is 11.8 Å². The predicted molar refractivity (Wildman–Crippen MR) is 124 cm³/mol. The first-order valence-corrected chi connectivity index (χ1v) is 12.2. The van der Waals surface area contributed by atoms with Crippen LogP contribution in [0.3, 0.4) is 0 Å². The van der Waals surface area contributed by atoms with Gasteiger partial charge in [0.25, 0.3) is 0 Å². The third kappa shape index (κ3) is 8.56. The molecule has 0 nitrogen and oxygen atoms in total. The molecule has 0 aliphatic rings. The summed E-state index contributed by atoms with van der Waals surface area (Å²) >= 11 is 2.08. The molecule has 148 valence electrons. The van der Waals surface area contributed by atoms with Crippen molar-refractivity contribution in [1.29, 1.82) is 0 Å². The van der Waals surface area contributed by atoms with Gasteiger partial charge in [0.1, 0.15) is 0 Å². The lowest BCUT2D eigenvalue weighted by Crippen LogP contribution is -1.96. The topological polar surface area (TPSA) is 0 Å². The monoisotopic (exact) mass is 382 g/mol. The van der Waals surface area contributed by atoms with Gasteiger partial charge in [-0.3, -0.25) is 0 Å². The Labute approximate surface area is 172 Å². The maximum absolute atomic E-state index is 2.34. The van der Waals surface area contributed by atoms with Crippen LogP contribution in [0.25, 0.3) is 0 Å². The summed E-state index contributed by atoms with van der Waals surface area (Å²) in [6, 6.07) is 18.1. The average Bonchev–Trinajstić information content (AvgIpc) is 2.70. The second-order valence-electron chi connectivity index (χ2n) is 7.65. The van der Waals surface area contributed by atoms with Crippen LogP contribution in [0.15, 0.2) is 48.5 Å². The molecular weight excluding hydrogens is 344 g/mol. The van der Waals surface area contributed by atoms with Gasteiger partial charge in [-0.15, -0.1) is 0 Å². The van der Waals surface area contributed by atoms with Crippen LogP contribution in [0.5, 0.6) is 0 Å². The van der Waals surface area contributed by atoms with Crippen molar-refractivity contribution in [2.24, 2.45) is 0 Å². The lowest BCUT2D eigenvalue weighted by molar-refractivity contribution is 0.665. The minimum atomic E-state index is 1.13. The summed E-state index contributed by atoms with van der Waals surface area (Å²) in [5.74, 6) is 2.27. The first kappa shape index (κ1) is 22.1. The summed E-state index contributed by atoms with van der Waals surface area (Å²) in [6.07, 6.45) is 13.2. The molecule has 0 aliphatic carbocycles. The Morgan fingerprint density at radius 2 is 0.926 bits per heavy atom. The van der Waals surface area contributed by atoms with Crippen LogP contribution < -0.4 is 0 Å². The molecule has 2 aromatic rings. The Morgan fingerprint density at radius 3 is 1.33 bits per heavy atom. The molecule has 0 saturated heterocycles. The van der Waals surface area contributed by atoms with Gasteiger partial charge in [0, 0.05) is 11.5 Å². The molecule has 0 aromatic heterocycles. The summed E-state index contributed by atoms with van der Waals surface area (Å²) in [7, 11) is 0. The van der Waals surface area contributed by atoms with E-state index < -0.39 is 0 Å². The fourth-order valence-corrected chi connectivity index (χ4v) is 4.74.